The summed E-state index contributed by atoms with van der Waals surface area (Å²) in [6.07, 6.45) is 1.60. The van der Waals surface area contributed by atoms with Crippen LogP contribution in [0.15, 0.2) is 48.5 Å². The fourth-order valence-electron chi connectivity index (χ4n) is 4.36. The van der Waals surface area contributed by atoms with Gasteiger partial charge in [-0.15, -0.1) is 0 Å². The summed E-state index contributed by atoms with van der Waals surface area (Å²) in [4.78, 5) is 53.7. The van der Waals surface area contributed by atoms with Gasteiger partial charge < -0.3 is 25.6 Å². The molecule has 2 aliphatic heterocycles. The van der Waals surface area contributed by atoms with Crippen LogP contribution in [0.2, 0.25) is 0 Å². The SMILES string of the molecule is COc1ccc2c(c1)C(=O)N[C@H](Cc1ccccc1)C(=O)NCCC(=O)N1CCC[C@H]1C(=O)N2. The van der Waals surface area contributed by atoms with Crippen molar-refractivity contribution in [1.82, 2.24) is 15.5 Å². The van der Waals surface area contributed by atoms with E-state index in [1.54, 1.807) is 17.0 Å². The van der Waals surface area contributed by atoms with Crippen molar-refractivity contribution in [2.24, 2.45) is 0 Å². The average molecular weight is 465 g/mol. The molecule has 0 saturated carbocycles. The summed E-state index contributed by atoms with van der Waals surface area (Å²) >= 11 is 0. The number of carbonyl (C=O) groups excluding carboxylic acids is 4. The molecule has 0 bridgehead atoms. The number of ether oxygens (including phenoxy) is 1. The number of benzene rings is 2. The Bertz CT molecular complexity index is 1090. The lowest BCUT2D eigenvalue weighted by atomic mass is 10.0. The molecule has 0 radical (unpaired) electrons. The van der Waals surface area contributed by atoms with Crippen LogP contribution in [0.25, 0.3) is 0 Å². The van der Waals surface area contributed by atoms with Crippen molar-refractivity contribution in [3.05, 3.63) is 59.7 Å². The number of carbonyl (C=O) groups is 4. The molecule has 3 N–H and O–H groups in total. The van der Waals surface area contributed by atoms with Crippen LogP contribution in [0.4, 0.5) is 5.69 Å². The summed E-state index contributed by atoms with van der Waals surface area (Å²) in [5, 5.41) is 8.38. The number of nitrogens with zero attached hydrogens (tertiary/aromatic N) is 1. The second-order valence-corrected chi connectivity index (χ2v) is 8.40. The first kappa shape index (κ1) is 23.3. The molecular formula is C25H28N4O5. The lowest BCUT2D eigenvalue weighted by molar-refractivity contribution is -0.136. The van der Waals surface area contributed by atoms with Gasteiger partial charge in [0.15, 0.2) is 0 Å². The highest BCUT2D eigenvalue weighted by atomic mass is 16.5. The molecule has 0 aromatic heterocycles. The third-order valence-electron chi connectivity index (χ3n) is 6.15. The topological polar surface area (TPSA) is 117 Å². The van der Waals surface area contributed by atoms with Crippen molar-refractivity contribution in [2.75, 3.05) is 25.5 Å². The van der Waals surface area contributed by atoms with Crippen molar-refractivity contribution in [2.45, 2.75) is 37.8 Å². The van der Waals surface area contributed by atoms with Gasteiger partial charge in [-0.1, -0.05) is 30.3 Å². The van der Waals surface area contributed by atoms with Crippen molar-refractivity contribution < 1.29 is 23.9 Å². The van der Waals surface area contributed by atoms with Gasteiger partial charge >= 0.3 is 0 Å². The standard InChI is InChI=1S/C25H28N4O5/c1-34-17-9-10-19-18(15-17)23(31)28-20(14-16-6-3-2-4-7-16)24(32)26-12-11-22(30)29-13-5-8-21(29)25(33)27-19/h2-4,6-7,9-10,15,20-21H,5,8,11-14H2,1H3,(H,26,32)(H,27,33)(H,28,31)/t20-,21+/m1/s1. The lowest BCUT2D eigenvalue weighted by Crippen LogP contribution is -2.50. The maximum Gasteiger partial charge on any atom is 0.254 e. The van der Waals surface area contributed by atoms with E-state index >= 15 is 0 Å². The maximum atomic E-state index is 13.3. The second-order valence-electron chi connectivity index (χ2n) is 8.40. The van der Waals surface area contributed by atoms with E-state index in [-0.39, 0.29) is 42.7 Å². The molecule has 34 heavy (non-hydrogen) atoms. The molecule has 9 nitrogen and oxygen atoms in total. The van der Waals surface area contributed by atoms with E-state index in [2.05, 4.69) is 16.0 Å². The van der Waals surface area contributed by atoms with Crippen LogP contribution in [-0.2, 0) is 20.8 Å². The van der Waals surface area contributed by atoms with Crippen molar-refractivity contribution in [3.63, 3.8) is 0 Å². The molecule has 0 spiro atoms. The van der Waals surface area contributed by atoms with E-state index in [9.17, 15) is 19.2 Å². The van der Waals surface area contributed by atoms with Crippen LogP contribution < -0.4 is 20.7 Å². The first-order valence-electron chi connectivity index (χ1n) is 11.4. The highest BCUT2D eigenvalue weighted by Gasteiger charge is 2.35. The van der Waals surface area contributed by atoms with E-state index in [0.717, 1.165) is 5.56 Å². The van der Waals surface area contributed by atoms with Gasteiger partial charge in [0, 0.05) is 25.9 Å². The van der Waals surface area contributed by atoms with Crippen molar-refractivity contribution in [1.29, 1.82) is 0 Å². The normalized spacial score (nSPS) is 21.5. The van der Waals surface area contributed by atoms with E-state index in [1.807, 2.05) is 30.3 Å². The number of nitrogens with one attached hydrogen (secondary N) is 3. The monoisotopic (exact) mass is 464 g/mol. The van der Waals surface area contributed by atoms with Crippen molar-refractivity contribution >= 4 is 29.3 Å². The van der Waals surface area contributed by atoms with Gasteiger partial charge in [-0.25, -0.2) is 0 Å². The first-order chi connectivity index (χ1) is 16.5. The van der Waals surface area contributed by atoms with Crippen LogP contribution in [0.1, 0.15) is 35.2 Å². The molecule has 2 aromatic rings. The summed E-state index contributed by atoms with van der Waals surface area (Å²) in [7, 11) is 1.48. The number of amides is 4. The Hall–Kier alpha value is -3.88. The van der Waals surface area contributed by atoms with E-state index in [4.69, 9.17) is 4.74 Å². The predicted molar refractivity (Wildman–Crippen MR) is 125 cm³/mol. The smallest absolute Gasteiger partial charge is 0.254 e. The molecule has 1 saturated heterocycles. The molecule has 2 aromatic carbocycles. The minimum atomic E-state index is -0.873. The van der Waals surface area contributed by atoms with E-state index < -0.39 is 18.0 Å². The number of methoxy groups -OCH3 is 1. The van der Waals surface area contributed by atoms with Gasteiger partial charge in [-0.3, -0.25) is 19.2 Å². The highest BCUT2D eigenvalue weighted by Crippen LogP contribution is 2.25. The number of hydrogen-bond acceptors (Lipinski definition) is 5. The number of fused-ring (bicyclic) bond motifs is 2. The lowest BCUT2D eigenvalue weighted by Gasteiger charge is -2.26. The fourth-order valence-corrected chi connectivity index (χ4v) is 4.36. The number of rotatable bonds is 3. The molecular weight excluding hydrogens is 436 g/mol. The first-order valence-corrected chi connectivity index (χ1v) is 11.4. The highest BCUT2D eigenvalue weighted by molar-refractivity contribution is 6.07. The Morgan fingerprint density at radius 1 is 1.03 bits per heavy atom. The summed E-state index contributed by atoms with van der Waals surface area (Å²) in [5.74, 6) is -0.984. The van der Waals surface area contributed by atoms with Crippen LogP contribution in [0, 0.1) is 0 Å². The molecule has 0 unspecified atom stereocenters. The van der Waals surface area contributed by atoms with Crippen molar-refractivity contribution in [3.8, 4) is 5.75 Å². The van der Waals surface area contributed by atoms with E-state index in [1.165, 1.54) is 13.2 Å². The van der Waals surface area contributed by atoms with Crippen LogP contribution >= 0.6 is 0 Å². The molecule has 0 aliphatic carbocycles. The zero-order chi connectivity index (χ0) is 24.1. The summed E-state index contributed by atoms with van der Waals surface area (Å²) in [5.41, 5.74) is 1.34. The Labute approximate surface area is 197 Å². The molecule has 4 amide bonds. The van der Waals surface area contributed by atoms with Gasteiger partial charge in [0.05, 0.1) is 18.4 Å². The quantitative estimate of drug-likeness (QED) is 0.636. The third-order valence-corrected chi connectivity index (χ3v) is 6.15. The Morgan fingerprint density at radius 2 is 1.82 bits per heavy atom. The molecule has 2 heterocycles. The Balaban J connectivity index is 1.69. The van der Waals surface area contributed by atoms with Crippen LogP contribution in [-0.4, -0.2) is 60.8 Å². The number of anilines is 1. The summed E-state index contributed by atoms with van der Waals surface area (Å²) < 4.78 is 5.27. The largest absolute Gasteiger partial charge is 0.497 e. The predicted octanol–water partition coefficient (Wildman–Crippen LogP) is 1.49. The van der Waals surface area contributed by atoms with Gasteiger partial charge in [0.1, 0.15) is 17.8 Å². The van der Waals surface area contributed by atoms with Gasteiger partial charge in [0.2, 0.25) is 17.7 Å². The fraction of sp³-hybridized carbons (Fsp3) is 0.360. The second kappa shape index (κ2) is 10.4. The average Bonchev–Trinajstić information content (AvgIpc) is 3.34. The number of hydrogen-bond donors (Lipinski definition) is 3. The van der Waals surface area contributed by atoms with Gasteiger partial charge in [0.25, 0.3) is 5.91 Å². The van der Waals surface area contributed by atoms with E-state index in [0.29, 0.717) is 30.8 Å². The molecule has 9 heteroatoms. The zero-order valence-corrected chi connectivity index (χ0v) is 19.0. The molecule has 178 valence electrons. The third kappa shape index (κ3) is 5.19. The Morgan fingerprint density at radius 3 is 2.59 bits per heavy atom. The van der Waals surface area contributed by atoms with Gasteiger partial charge in [-0.05, 0) is 36.6 Å². The zero-order valence-electron chi connectivity index (χ0n) is 19.0. The molecule has 1 fully saturated rings. The maximum absolute atomic E-state index is 13.3. The Kier molecular flexibility index (Phi) is 7.10. The minimum Gasteiger partial charge on any atom is -0.497 e. The summed E-state index contributed by atoms with van der Waals surface area (Å²) in [6, 6.07) is 12.6. The molecule has 4 rings (SSSR count). The molecule has 2 aliphatic rings. The van der Waals surface area contributed by atoms with Crippen LogP contribution in [0.3, 0.4) is 0 Å². The summed E-state index contributed by atoms with van der Waals surface area (Å²) in [6.45, 7) is 0.603. The van der Waals surface area contributed by atoms with Gasteiger partial charge in [-0.2, -0.15) is 0 Å². The molecule has 2 atom stereocenters. The minimum absolute atomic E-state index is 0.0787. The van der Waals surface area contributed by atoms with Crippen LogP contribution in [0.5, 0.6) is 5.75 Å².